The van der Waals surface area contributed by atoms with E-state index < -0.39 is 11.6 Å². The van der Waals surface area contributed by atoms with E-state index in [2.05, 4.69) is 47.2 Å². The summed E-state index contributed by atoms with van der Waals surface area (Å²) in [7, 11) is 1.90. The van der Waals surface area contributed by atoms with Gasteiger partial charge in [-0.1, -0.05) is 12.1 Å². The maximum absolute atomic E-state index is 15.2. The number of nitrogens with one attached hydrogen (secondary N) is 1. The summed E-state index contributed by atoms with van der Waals surface area (Å²) in [5, 5.41) is 21.1. The number of phenolic OH excluding ortho intramolecular Hbond substituents is 1. The number of aromatic nitrogens is 2. The Hall–Kier alpha value is -6.27. The van der Waals surface area contributed by atoms with Gasteiger partial charge >= 0.3 is 6.03 Å². The normalized spacial score (nSPS) is 22.9. The number of amides is 4. The van der Waals surface area contributed by atoms with Crippen LogP contribution in [0.5, 0.6) is 11.5 Å². The van der Waals surface area contributed by atoms with Gasteiger partial charge in [-0.05, 0) is 73.7 Å². The van der Waals surface area contributed by atoms with E-state index in [4.69, 9.17) is 15.2 Å². The van der Waals surface area contributed by atoms with Gasteiger partial charge in [0.2, 0.25) is 11.8 Å². The molecule has 5 fully saturated rings. The average Bonchev–Trinajstić information content (AvgIpc) is 3.74. The van der Waals surface area contributed by atoms with Crippen LogP contribution < -0.4 is 30.5 Å². The van der Waals surface area contributed by atoms with E-state index in [1.54, 1.807) is 18.2 Å². The van der Waals surface area contributed by atoms with E-state index >= 15 is 4.39 Å². The summed E-state index contributed by atoms with van der Waals surface area (Å²) in [6.07, 6.45) is 4.52. The fourth-order valence-corrected chi connectivity index (χ4v) is 10.9. The molecule has 0 unspecified atom stereocenters. The number of imide groups is 1. The molecule has 0 spiro atoms. The maximum atomic E-state index is 15.2. The Kier molecular flexibility index (Phi) is 12.0. The van der Waals surface area contributed by atoms with Gasteiger partial charge in [0.05, 0.1) is 36.7 Å². The quantitative estimate of drug-likeness (QED) is 0.200. The Morgan fingerprint density at radius 1 is 0.879 bits per heavy atom. The fraction of sp³-hybridized carbons (Fsp3) is 0.479. The van der Waals surface area contributed by atoms with E-state index in [0.29, 0.717) is 88.8 Å². The second kappa shape index (κ2) is 18.2. The molecule has 0 saturated carbocycles. The van der Waals surface area contributed by atoms with Crippen molar-refractivity contribution in [1.29, 1.82) is 0 Å². The Balaban J connectivity index is 0.714. The summed E-state index contributed by atoms with van der Waals surface area (Å²) >= 11 is 0. The minimum absolute atomic E-state index is 0.0178. The maximum Gasteiger partial charge on any atom is 0.319 e. The van der Waals surface area contributed by atoms with E-state index in [-0.39, 0.29) is 65.3 Å². The largest absolute Gasteiger partial charge is 0.504 e. The van der Waals surface area contributed by atoms with Crippen LogP contribution in [0, 0.1) is 11.6 Å². The number of nitrogens with zero attached hydrogens (tertiary/aromatic N) is 8. The molecule has 16 nitrogen and oxygen atoms in total. The molecule has 6 aliphatic heterocycles. The summed E-state index contributed by atoms with van der Waals surface area (Å²) in [4.78, 5) is 51.1. The van der Waals surface area contributed by atoms with Gasteiger partial charge in [0, 0.05) is 113 Å². The molecular formula is C48H56F2N10O6. The van der Waals surface area contributed by atoms with Crippen molar-refractivity contribution in [3.63, 3.8) is 0 Å². The van der Waals surface area contributed by atoms with E-state index in [0.717, 1.165) is 50.1 Å². The number of piperazine rings is 1. The molecule has 18 heteroatoms. The van der Waals surface area contributed by atoms with Gasteiger partial charge in [-0.2, -0.15) is 0 Å². The van der Waals surface area contributed by atoms with Crippen molar-refractivity contribution in [1.82, 2.24) is 30.2 Å². The molecule has 7 heterocycles. The highest BCUT2D eigenvalue weighted by Crippen LogP contribution is 2.40. The Morgan fingerprint density at radius 3 is 2.38 bits per heavy atom. The van der Waals surface area contributed by atoms with Crippen molar-refractivity contribution in [2.75, 3.05) is 86.5 Å². The standard InChI is InChI=1S/C48H56F2N10O6/c1-55(31-10-15-56(16-11-31)40-6-3-7-41-37(40)14-19-59(41)42-8-9-44(61)52-47(42)63)48(64)57-17-12-34(13-18-57)66-35-21-29(20-30(49)22-35)24-60-32-25-58(26-33(60)28-65-27-32)43-23-39(53-54-46(43)51)36-4-2-5-38(50)45(36)62/h2-7,20-23,31-34,42,62H,8-19,24-28H2,1H3,(H2,51,54)(H,52,61,63)/t32-,33-,42-/m1/s1. The average molecular weight is 907 g/mol. The highest BCUT2D eigenvalue weighted by Gasteiger charge is 2.40. The number of hydrogen-bond donors (Lipinski definition) is 3. The first-order valence-electron chi connectivity index (χ1n) is 23.1. The van der Waals surface area contributed by atoms with Crippen LogP contribution in [0.25, 0.3) is 11.3 Å². The number of para-hydroxylation sites is 1. The van der Waals surface area contributed by atoms with Crippen LogP contribution >= 0.6 is 0 Å². The summed E-state index contributed by atoms with van der Waals surface area (Å²) in [5.74, 6) is -1.36. The summed E-state index contributed by atoms with van der Waals surface area (Å²) in [6.45, 7) is 6.00. The minimum Gasteiger partial charge on any atom is -0.504 e. The van der Waals surface area contributed by atoms with Crippen LogP contribution in [0.15, 0.2) is 60.7 Å². The molecule has 6 aliphatic rings. The first-order valence-corrected chi connectivity index (χ1v) is 23.1. The molecule has 2 bridgehead atoms. The molecule has 1 aromatic heterocycles. The highest BCUT2D eigenvalue weighted by molar-refractivity contribution is 6.02. The highest BCUT2D eigenvalue weighted by atomic mass is 19.1. The lowest BCUT2D eigenvalue weighted by Crippen LogP contribution is -2.64. The van der Waals surface area contributed by atoms with E-state index in [1.807, 2.05) is 29.0 Å². The van der Waals surface area contributed by atoms with Crippen LogP contribution in [-0.2, 0) is 27.3 Å². The molecule has 10 rings (SSSR count). The van der Waals surface area contributed by atoms with Gasteiger partial charge in [-0.25, -0.2) is 13.6 Å². The summed E-state index contributed by atoms with van der Waals surface area (Å²) < 4.78 is 41.8. The third-order valence-corrected chi connectivity index (χ3v) is 14.4. The molecule has 4 amide bonds. The number of fused-ring (bicyclic) bond motifs is 3. The minimum atomic E-state index is -0.749. The predicted octanol–water partition coefficient (Wildman–Crippen LogP) is 4.53. The molecule has 4 aromatic rings. The summed E-state index contributed by atoms with van der Waals surface area (Å²) in [6, 6.07) is 16.9. The molecular weight excluding hydrogens is 851 g/mol. The zero-order valence-corrected chi connectivity index (χ0v) is 37.1. The van der Waals surface area contributed by atoms with Crippen molar-refractivity contribution in [3.8, 4) is 22.8 Å². The molecule has 3 aromatic carbocycles. The van der Waals surface area contributed by atoms with Crippen molar-refractivity contribution >= 4 is 40.7 Å². The summed E-state index contributed by atoms with van der Waals surface area (Å²) in [5.41, 5.74) is 11.8. The number of likely N-dealkylation sites (tertiary alicyclic amines) is 1. The van der Waals surface area contributed by atoms with Crippen LogP contribution in [0.3, 0.4) is 0 Å². The number of benzene rings is 3. The van der Waals surface area contributed by atoms with Crippen LogP contribution in [0.4, 0.5) is 36.5 Å². The topological polar surface area (TPSA) is 173 Å². The number of phenols is 1. The molecule has 0 aliphatic carbocycles. The number of rotatable bonds is 9. The lowest BCUT2D eigenvalue weighted by Gasteiger charge is -2.50. The second-order valence-corrected chi connectivity index (χ2v) is 18.5. The van der Waals surface area contributed by atoms with E-state index in [1.165, 1.54) is 29.4 Å². The van der Waals surface area contributed by atoms with Crippen molar-refractivity contribution < 1.29 is 37.7 Å². The van der Waals surface area contributed by atoms with Crippen LogP contribution in [0.1, 0.15) is 49.7 Å². The third-order valence-electron chi connectivity index (χ3n) is 14.4. The Morgan fingerprint density at radius 2 is 1.62 bits per heavy atom. The number of hydrogen-bond acceptors (Lipinski definition) is 13. The number of carbonyl (C=O) groups is 3. The second-order valence-electron chi connectivity index (χ2n) is 18.5. The third kappa shape index (κ3) is 8.63. The number of anilines is 4. The molecule has 4 N–H and O–H groups in total. The van der Waals surface area contributed by atoms with Crippen LogP contribution in [-0.4, -0.2) is 144 Å². The number of piperidine rings is 3. The number of morpholine rings is 1. The van der Waals surface area contributed by atoms with Gasteiger partial charge in [-0.3, -0.25) is 19.8 Å². The number of ether oxygens (including phenoxy) is 2. The van der Waals surface area contributed by atoms with Gasteiger partial charge in [0.1, 0.15) is 23.7 Å². The lowest BCUT2D eigenvalue weighted by molar-refractivity contribution is -0.134. The van der Waals surface area contributed by atoms with Crippen LogP contribution in [0.2, 0.25) is 0 Å². The monoisotopic (exact) mass is 906 g/mol. The lowest BCUT2D eigenvalue weighted by atomic mass is 10.0. The fourth-order valence-electron chi connectivity index (χ4n) is 10.9. The number of halogens is 2. The van der Waals surface area contributed by atoms with Crippen molar-refractivity contribution in [2.24, 2.45) is 0 Å². The predicted molar refractivity (Wildman–Crippen MR) is 243 cm³/mol. The number of nitrogen functional groups attached to an aromatic ring is 1. The van der Waals surface area contributed by atoms with Gasteiger partial charge in [-0.15, -0.1) is 10.2 Å². The number of urea groups is 1. The van der Waals surface area contributed by atoms with Crippen molar-refractivity contribution in [2.45, 2.75) is 81.8 Å². The van der Waals surface area contributed by atoms with Gasteiger partial charge in [0.15, 0.2) is 17.4 Å². The van der Waals surface area contributed by atoms with Gasteiger partial charge in [0.25, 0.3) is 0 Å². The smallest absolute Gasteiger partial charge is 0.319 e. The molecule has 348 valence electrons. The molecule has 0 radical (unpaired) electrons. The molecule has 3 atom stereocenters. The number of carbonyl (C=O) groups excluding carboxylic acids is 3. The zero-order chi connectivity index (χ0) is 45.6. The Labute approximate surface area is 382 Å². The number of aromatic hydroxyl groups is 1. The Bertz CT molecular complexity index is 2490. The first kappa shape index (κ1) is 43.6. The van der Waals surface area contributed by atoms with Crippen molar-refractivity contribution in [3.05, 3.63) is 83.4 Å². The van der Waals surface area contributed by atoms with E-state index in [9.17, 15) is 23.9 Å². The first-order chi connectivity index (χ1) is 32.0. The van der Waals surface area contributed by atoms with Gasteiger partial charge < -0.3 is 44.8 Å². The SMILES string of the molecule is CN(C(=O)N1CCC(Oc2cc(F)cc(CN3[C@H]4COC[C@H]3CN(c3cc(-c5cccc(F)c5O)nnc3N)C4)c2)CC1)C1CCN(c2cccc3c2CCN3[C@@H]2CCC(=O)NC2=O)CC1. The zero-order valence-electron chi connectivity index (χ0n) is 37.1. The molecule has 66 heavy (non-hydrogen) atoms. The molecule has 5 saturated heterocycles. The number of nitrogens with two attached hydrogens (primary N) is 1.